The van der Waals surface area contributed by atoms with Crippen molar-refractivity contribution in [2.24, 2.45) is 0 Å². The Bertz CT molecular complexity index is 587. The van der Waals surface area contributed by atoms with Crippen LogP contribution >= 0.6 is 0 Å². The Labute approximate surface area is 107 Å². The van der Waals surface area contributed by atoms with Gasteiger partial charge in [-0.2, -0.15) is 30.0 Å². The van der Waals surface area contributed by atoms with Crippen LogP contribution in [-0.2, 0) is 20.1 Å². The number of aromatic nitrogens is 2. The fourth-order valence-corrected chi connectivity index (χ4v) is 1.61. The molecule has 0 spiro atoms. The average Bonchev–Trinajstić information content (AvgIpc) is 2.74. The first-order valence-electron chi connectivity index (χ1n) is 4.77. The molecule has 3 rings (SSSR count). The van der Waals surface area contributed by atoms with E-state index < -0.39 is 0 Å². The first kappa shape index (κ1) is 11.1. The minimum absolute atomic E-state index is 0. The summed E-state index contributed by atoms with van der Waals surface area (Å²) in [4.78, 5) is 4.21. The van der Waals surface area contributed by atoms with Gasteiger partial charge in [0.1, 0.15) is 0 Å². The molecule has 2 nitrogen and oxygen atoms in total. The zero-order chi connectivity index (χ0) is 10.1. The standard InChI is InChI=1S/C13H8N2.Ir/c1-2-6-11(7-3-1)15-10-14-12-8-4-5-9-13(12)15;/h1-6,8-9H;/q-2;. The molecule has 2 aromatic carbocycles. The minimum atomic E-state index is 0. The third-order valence-corrected chi connectivity index (χ3v) is 2.33. The van der Waals surface area contributed by atoms with Crippen molar-refractivity contribution < 1.29 is 20.1 Å². The molecular formula is C13H8IrN2-2. The van der Waals surface area contributed by atoms with E-state index in [-0.39, 0.29) is 20.1 Å². The summed E-state index contributed by atoms with van der Waals surface area (Å²) in [6.07, 6.45) is 2.97. The second-order valence-electron chi connectivity index (χ2n) is 3.28. The van der Waals surface area contributed by atoms with Gasteiger partial charge in [0.2, 0.25) is 0 Å². The van der Waals surface area contributed by atoms with Gasteiger partial charge in [0.25, 0.3) is 0 Å². The summed E-state index contributed by atoms with van der Waals surface area (Å²) in [7, 11) is 0. The second kappa shape index (κ2) is 4.60. The van der Waals surface area contributed by atoms with Crippen molar-refractivity contribution in [2.75, 3.05) is 0 Å². The number of hydrogen-bond donors (Lipinski definition) is 0. The summed E-state index contributed by atoms with van der Waals surface area (Å²) in [5.41, 5.74) is 2.97. The van der Waals surface area contributed by atoms with Gasteiger partial charge >= 0.3 is 0 Å². The molecule has 81 valence electrons. The Morgan fingerprint density at radius 3 is 2.62 bits per heavy atom. The molecule has 16 heavy (non-hydrogen) atoms. The summed E-state index contributed by atoms with van der Waals surface area (Å²) < 4.78 is 1.91. The van der Waals surface area contributed by atoms with Crippen LogP contribution in [0.25, 0.3) is 16.7 Å². The van der Waals surface area contributed by atoms with Crippen LogP contribution in [0.15, 0.2) is 48.5 Å². The molecule has 1 aromatic heterocycles. The van der Waals surface area contributed by atoms with Crippen LogP contribution in [-0.4, -0.2) is 9.55 Å². The van der Waals surface area contributed by atoms with Gasteiger partial charge in [-0.15, -0.1) is 0 Å². The van der Waals surface area contributed by atoms with Crippen LogP contribution in [0.4, 0.5) is 0 Å². The largest absolute Gasteiger partial charge is 0.448 e. The van der Waals surface area contributed by atoms with Crippen LogP contribution < -0.4 is 0 Å². The van der Waals surface area contributed by atoms with Gasteiger partial charge in [-0.1, -0.05) is 29.8 Å². The number of rotatable bonds is 1. The maximum absolute atomic E-state index is 4.21. The quantitative estimate of drug-likeness (QED) is 0.590. The fourth-order valence-electron chi connectivity index (χ4n) is 1.61. The van der Waals surface area contributed by atoms with E-state index in [1.807, 2.05) is 53.1 Å². The summed E-state index contributed by atoms with van der Waals surface area (Å²) in [5, 5.41) is 0. The number of imidazole rings is 1. The molecule has 0 saturated carbocycles. The molecule has 0 aliphatic carbocycles. The SMILES string of the molecule is [Ir].[c-]1ccccc1-n1[c-]nc2ccccc21. The molecule has 0 saturated heterocycles. The van der Waals surface area contributed by atoms with Gasteiger partial charge in [-0.25, -0.2) is 6.07 Å². The summed E-state index contributed by atoms with van der Waals surface area (Å²) in [6.45, 7) is 0. The predicted octanol–water partition coefficient (Wildman–Crippen LogP) is 2.62. The molecule has 0 aliphatic rings. The van der Waals surface area contributed by atoms with Gasteiger partial charge in [0, 0.05) is 26.4 Å². The molecule has 3 heteroatoms. The van der Waals surface area contributed by atoms with Crippen LogP contribution in [0, 0.1) is 12.4 Å². The minimum Gasteiger partial charge on any atom is -0.448 e. The molecule has 0 fully saturated rings. The molecule has 3 aromatic rings. The Hall–Kier alpha value is -1.44. The van der Waals surface area contributed by atoms with Gasteiger partial charge in [-0.3, -0.25) is 0 Å². The first-order chi connectivity index (χ1) is 7.45. The Morgan fingerprint density at radius 2 is 1.81 bits per heavy atom. The molecular weight excluding hydrogens is 376 g/mol. The van der Waals surface area contributed by atoms with Crippen LogP contribution in [0.1, 0.15) is 0 Å². The van der Waals surface area contributed by atoms with Crippen molar-refractivity contribution in [3.05, 3.63) is 60.9 Å². The summed E-state index contributed by atoms with van der Waals surface area (Å²) in [5.74, 6) is 0. The van der Waals surface area contributed by atoms with Crippen molar-refractivity contribution in [3.63, 3.8) is 0 Å². The molecule has 0 N–H and O–H groups in total. The summed E-state index contributed by atoms with van der Waals surface area (Å²) >= 11 is 0. The van der Waals surface area contributed by atoms with Crippen LogP contribution in [0.3, 0.4) is 0 Å². The van der Waals surface area contributed by atoms with E-state index in [1.54, 1.807) is 0 Å². The molecule has 0 unspecified atom stereocenters. The van der Waals surface area contributed by atoms with Crippen LogP contribution in [0.2, 0.25) is 0 Å². The molecule has 0 atom stereocenters. The third-order valence-electron chi connectivity index (χ3n) is 2.33. The van der Waals surface area contributed by atoms with Gasteiger partial charge in [-0.05, 0) is 5.52 Å². The number of hydrogen-bond acceptors (Lipinski definition) is 1. The predicted molar refractivity (Wildman–Crippen MR) is 58.7 cm³/mol. The normalized spacial score (nSPS) is 10.0. The molecule has 0 amide bonds. The first-order valence-corrected chi connectivity index (χ1v) is 4.77. The zero-order valence-corrected chi connectivity index (χ0v) is 10.7. The molecule has 0 aliphatic heterocycles. The Kier molecular flexibility index (Phi) is 3.18. The number of nitrogens with zero attached hydrogens (tertiary/aromatic N) is 2. The number of fused-ring (bicyclic) bond motifs is 1. The van der Waals surface area contributed by atoms with Crippen LogP contribution in [0.5, 0.6) is 0 Å². The second-order valence-corrected chi connectivity index (χ2v) is 3.28. The van der Waals surface area contributed by atoms with E-state index in [0.29, 0.717) is 0 Å². The zero-order valence-electron chi connectivity index (χ0n) is 8.35. The van der Waals surface area contributed by atoms with E-state index in [4.69, 9.17) is 0 Å². The monoisotopic (exact) mass is 385 g/mol. The maximum Gasteiger partial charge on any atom is 0.0401 e. The van der Waals surface area contributed by atoms with Gasteiger partial charge in [0.15, 0.2) is 0 Å². The average molecular weight is 384 g/mol. The van der Waals surface area contributed by atoms with Crippen molar-refractivity contribution in [1.29, 1.82) is 0 Å². The van der Waals surface area contributed by atoms with Gasteiger partial charge in [0.05, 0.1) is 0 Å². The van der Waals surface area contributed by atoms with E-state index in [9.17, 15) is 0 Å². The Morgan fingerprint density at radius 1 is 1.00 bits per heavy atom. The van der Waals surface area contributed by atoms with Crippen molar-refractivity contribution >= 4 is 11.0 Å². The smallest absolute Gasteiger partial charge is 0.0401 e. The van der Waals surface area contributed by atoms with E-state index in [2.05, 4.69) is 17.4 Å². The fraction of sp³-hybridized carbons (Fsp3) is 0. The van der Waals surface area contributed by atoms with E-state index in [1.165, 1.54) is 0 Å². The van der Waals surface area contributed by atoms with Crippen molar-refractivity contribution in [2.45, 2.75) is 0 Å². The Balaban J connectivity index is 0.000000963. The molecule has 1 radical (unpaired) electrons. The summed E-state index contributed by atoms with van der Waals surface area (Å²) in [6, 6.07) is 18.9. The maximum atomic E-state index is 4.21. The molecule has 0 bridgehead atoms. The van der Waals surface area contributed by atoms with Crippen molar-refractivity contribution in [1.82, 2.24) is 9.55 Å². The number of benzene rings is 2. The van der Waals surface area contributed by atoms with E-state index >= 15 is 0 Å². The van der Waals surface area contributed by atoms with E-state index in [0.717, 1.165) is 16.7 Å². The molecule has 1 heterocycles. The topological polar surface area (TPSA) is 17.8 Å². The third kappa shape index (κ3) is 1.80. The van der Waals surface area contributed by atoms with Gasteiger partial charge < -0.3 is 9.55 Å². The van der Waals surface area contributed by atoms with Crippen molar-refractivity contribution in [3.8, 4) is 5.69 Å². The number of para-hydroxylation sites is 3.